The highest BCUT2D eigenvalue weighted by molar-refractivity contribution is 5.76. The topological polar surface area (TPSA) is 145 Å². The average molecular weight is 402 g/mol. The molecule has 1 atom stereocenters. The van der Waals surface area contributed by atoms with Crippen LogP contribution in [-0.2, 0) is 0 Å². The first kappa shape index (κ1) is 17.7. The second-order valence-electron chi connectivity index (χ2n) is 6.85. The lowest BCUT2D eigenvalue weighted by Gasteiger charge is -2.27. The number of para-hydroxylation sites is 1. The first-order chi connectivity index (χ1) is 14.5. The molecule has 11 heteroatoms. The lowest BCUT2D eigenvalue weighted by molar-refractivity contribution is -0.385. The number of nitrogens with zero attached hydrogens (tertiary/aromatic N) is 6. The van der Waals surface area contributed by atoms with Crippen molar-refractivity contribution in [2.24, 2.45) is 0 Å². The number of hydrogen-bond donors (Lipinski definition) is 2. The number of aromatic amines is 1. The van der Waals surface area contributed by atoms with Crippen molar-refractivity contribution in [3.05, 3.63) is 85.7 Å². The molecule has 2 N–H and O–H groups in total. The molecule has 0 bridgehead atoms. The van der Waals surface area contributed by atoms with Crippen molar-refractivity contribution in [3.63, 3.8) is 0 Å². The second kappa shape index (κ2) is 6.58. The Balaban J connectivity index is 1.85. The number of fused-ring (bicyclic) bond motifs is 2. The van der Waals surface area contributed by atoms with E-state index in [1.807, 2.05) is 31.2 Å². The summed E-state index contributed by atoms with van der Waals surface area (Å²) in [6, 6.07) is 13.1. The fourth-order valence-electron chi connectivity index (χ4n) is 3.64. The average Bonchev–Trinajstić information content (AvgIpc) is 3.22. The fourth-order valence-corrected chi connectivity index (χ4v) is 3.64. The van der Waals surface area contributed by atoms with E-state index in [1.165, 1.54) is 10.7 Å². The first-order valence-electron chi connectivity index (χ1n) is 9.02. The zero-order valence-corrected chi connectivity index (χ0v) is 15.6. The van der Waals surface area contributed by atoms with Crippen LogP contribution in [0.2, 0.25) is 0 Å². The van der Waals surface area contributed by atoms with Gasteiger partial charge >= 0.3 is 0 Å². The van der Waals surface area contributed by atoms with E-state index >= 15 is 0 Å². The Morgan fingerprint density at radius 3 is 2.67 bits per heavy atom. The monoisotopic (exact) mass is 402 g/mol. The molecule has 0 spiro atoms. The summed E-state index contributed by atoms with van der Waals surface area (Å²) in [6.45, 7) is 1.96. The van der Waals surface area contributed by atoms with Crippen molar-refractivity contribution in [1.82, 2.24) is 30.4 Å². The van der Waals surface area contributed by atoms with Crippen molar-refractivity contribution in [3.8, 4) is 11.3 Å². The molecule has 1 aliphatic rings. The number of benzene rings is 2. The number of tetrazole rings is 1. The van der Waals surface area contributed by atoms with Gasteiger partial charge in [0.05, 0.1) is 16.2 Å². The summed E-state index contributed by atoms with van der Waals surface area (Å²) in [6.07, 6.45) is 0. The van der Waals surface area contributed by atoms with Gasteiger partial charge in [0.25, 0.3) is 11.2 Å². The maximum Gasteiger partial charge on any atom is 0.288 e. The van der Waals surface area contributed by atoms with Crippen LogP contribution in [0.5, 0.6) is 0 Å². The van der Waals surface area contributed by atoms with E-state index in [0.29, 0.717) is 16.8 Å². The number of H-pyrrole nitrogens is 1. The van der Waals surface area contributed by atoms with Gasteiger partial charge in [-0.3, -0.25) is 14.9 Å². The predicted octanol–water partition coefficient (Wildman–Crippen LogP) is 2.33. The standard InChI is InChI=1S/C19H14N8O3/c1-10-6-8-11(9-7-10)15-14-16(18(28)22-21-15)20-19-23-24-25-26(19)17(14)12-4-2-3-5-13(12)27(29)30/h2-9,17H,1H3,(H,22,28)(H,20,23,25). The number of nitrogens with one attached hydrogen (secondary N) is 2. The van der Waals surface area contributed by atoms with E-state index < -0.39 is 16.5 Å². The molecule has 3 heterocycles. The number of aromatic nitrogens is 6. The largest absolute Gasteiger partial charge is 0.318 e. The Morgan fingerprint density at radius 1 is 1.13 bits per heavy atom. The van der Waals surface area contributed by atoms with Crippen LogP contribution in [0.1, 0.15) is 22.7 Å². The maximum atomic E-state index is 12.6. The van der Waals surface area contributed by atoms with E-state index in [4.69, 9.17) is 0 Å². The van der Waals surface area contributed by atoms with Gasteiger partial charge in [-0.25, -0.2) is 5.10 Å². The Bertz CT molecular complexity index is 1340. The number of aryl methyl sites for hydroxylation is 1. The van der Waals surface area contributed by atoms with Crippen molar-refractivity contribution in [1.29, 1.82) is 0 Å². The quantitative estimate of drug-likeness (QED) is 0.345. The number of hydrogen-bond acceptors (Lipinski definition) is 8. The molecule has 2 aromatic heterocycles. The summed E-state index contributed by atoms with van der Waals surface area (Å²) in [5.74, 6) is 0.206. The van der Waals surface area contributed by atoms with Gasteiger partial charge in [-0.05, 0) is 23.4 Å². The summed E-state index contributed by atoms with van der Waals surface area (Å²) >= 11 is 0. The molecule has 11 nitrogen and oxygen atoms in total. The minimum Gasteiger partial charge on any atom is -0.318 e. The molecule has 0 radical (unpaired) electrons. The maximum absolute atomic E-state index is 12.6. The van der Waals surface area contributed by atoms with E-state index in [0.717, 1.165) is 11.1 Å². The molecule has 0 saturated carbocycles. The van der Waals surface area contributed by atoms with Crippen LogP contribution in [0.25, 0.3) is 11.3 Å². The number of anilines is 2. The summed E-state index contributed by atoms with van der Waals surface area (Å²) in [7, 11) is 0. The first-order valence-corrected chi connectivity index (χ1v) is 9.02. The van der Waals surface area contributed by atoms with Crippen molar-refractivity contribution in [2.75, 3.05) is 5.32 Å². The lowest BCUT2D eigenvalue weighted by atomic mass is 9.91. The van der Waals surface area contributed by atoms with Gasteiger partial charge in [-0.15, -0.1) is 0 Å². The van der Waals surface area contributed by atoms with E-state index in [9.17, 15) is 14.9 Å². The van der Waals surface area contributed by atoms with Crippen molar-refractivity contribution in [2.45, 2.75) is 13.0 Å². The van der Waals surface area contributed by atoms with E-state index in [1.54, 1.807) is 18.2 Å². The number of nitro groups is 1. The van der Waals surface area contributed by atoms with Gasteiger partial charge in [-0.1, -0.05) is 47.1 Å². The Morgan fingerprint density at radius 2 is 1.90 bits per heavy atom. The Kier molecular flexibility index (Phi) is 3.88. The molecular formula is C19H14N8O3. The molecule has 1 aliphatic heterocycles. The third-order valence-corrected chi connectivity index (χ3v) is 5.02. The minimum absolute atomic E-state index is 0.105. The highest BCUT2D eigenvalue weighted by Crippen LogP contribution is 2.43. The zero-order valence-electron chi connectivity index (χ0n) is 15.6. The van der Waals surface area contributed by atoms with Crippen LogP contribution < -0.4 is 10.9 Å². The van der Waals surface area contributed by atoms with Gasteiger partial charge in [0.2, 0.25) is 5.95 Å². The SMILES string of the molecule is Cc1ccc(-c2n[nH]c(=O)c3c2C(c2ccccc2[N+](=O)[O-])n2nnnc2N3)cc1. The van der Waals surface area contributed by atoms with Crippen LogP contribution in [0.15, 0.2) is 53.3 Å². The fraction of sp³-hybridized carbons (Fsp3) is 0.105. The van der Waals surface area contributed by atoms with Crippen molar-refractivity contribution < 1.29 is 4.92 Å². The van der Waals surface area contributed by atoms with E-state index in [2.05, 4.69) is 31.0 Å². The molecule has 148 valence electrons. The molecule has 1 unspecified atom stereocenters. The smallest absolute Gasteiger partial charge is 0.288 e. The van der Waals surface area contributed by atoms with Crippen LogP contribution in [0.4, 0.5) is 17.3 Å². The van der Waals surface area contributed by atoms with Crippen molar-refractivity contribution >= 4 is 17.3 Å². The summed E-state index contributed by atoms with van der Waals surface area (Å²) in [4.78, 5) is 23.9. The van der Waals surface area contributed by atoms with Crippen LogP contribution in [-0.4, -0.2) is 35.3 Å². The van der Waals surface area contributed by atoms with Gasteiger partial charge in [0, 0.05) is 17.2 Å². The molecule has 0 saturated heterocycles. The third-order valence-electron chi connectivity index (χ3n) is 5.02. The Hall–Kier alpha value is -4.41. The Labute approximate surface area is 168 Å². The van der Waals surface area contributed by atoms with Gasteiger partial charge in [0.1, 0.15) is 11.7 Å². The lowest BCUT2D eigenvalue weighted by Crippen LogP contribution is -2.29. The molecular weight excluding hydrogens is 388 g/mol. The summed E-state index contributed by atoms with van der Waals surface area (Å²) < 4.78 is 1.42. The summed E-state index contributed by atoms with van der Waals surface area (Å²) in [5.41, 5.74) is 2.71. The molecule has 0 aliphatic carbocycles. The third kappa shape index (κ3) is 2.64. The normalized spacial score (nSPS) is 14.5. The van der Waals surface area contributed by atoms with Crippen LogP contribution in [0.3, 0.4) is 0 Å². The van der Waals surface area contributed by atoms with E-state index in [-0.39, 0.29) is 17.3 Å². The molecule has 2 aromatic carbocycles. The molecule has 4 aromatic rings. The van der Waals surface area contributed by atoms with Crippen LogP contribution in [0, 0.1) is 17.0 Å². The highest BCUT2D eigenvalue weighted by Gasteiger charge is 2.37. The summed E-state index contributed by atoms with van der Waals surface area (Å²) in [5, 5.41) is 33.0. The second-order valence-corrected chi connectivity index (χ2v) is 6.85. The van der Waals surface area contributed by atoms with Gasteiger partial charge < -0.3 is 5.32 Å². The predicted molar refractivity (Wildman–Crippen MR) is 106 cm³/mol. The van der Waals surface area contributed by atoms with Gasteiger partial charge in [0.15, 0.2) is 0 Å². The highest BCUT2D eigenvalue weighted by atomic mass is 16.6. The number of rotatable bonds is 3. The minimum atomic E-state index is -0.820. The molecule has 30 heavy (non-hydrogen) atoms. The molecule has 0 fully saturated rings. The van der Waals surface area contributed by atoms with Crippen LogP contribution >= 0.6 is 0 Å². The number of nitro benzene ring substituents is 1. The zero-order chi connectivity index (χ0) is 20.8. The molecule has 0 amide bonds. The van der Waals surface area contributed by atoms with Gasteiger partial charge in [-0.2, -0.15) is 9.78 Å². The molecule has 5 rings (SSSR count).